The van der Waals surface area contributed by atoms with Crippen molar-refractivity contribution < 1.29 is 13.5 Å². The number of nitrogens with one attached hydrogen (secondary N) is 1. The van der Waals surface area contributed by atoms with Crippen LogP contribution in [0.5, 0.6) is 0 Å². The molecule has 0 spiro atoms. The van der Waals surface area contributed by atoms with E-state index in [-0.39, 0.29) is 16.5 Å². The fourth-order valence-electron chi connectivity index (χ4n) is 1.95. The van der Waals surface area contributed by atoms with Crippen LogP contribution >= 0.6 is 22.9 Å². The van der Waals surface area contributed by atoms with Crippen LogP contribution in [-0.4, -0.2) is 18.5 Å². The molecule has 2 N–H and O–H groups in total. The topological polar surface area (TPSA) is 79.3 Å². The summed E-state index contributed by atoms with van der Waals surface area (Å²) in [4.78, 5) is 4.16. The Morgan fingerprint density at radius 1 is 1.48 bits per heavy atom. The van der Waals surface area contributed by atoms with Crippen molar-refractivity contribution in [1.29, 1.82) is 0 Å². The molecular weight excluding hydrogens is 332 g/mol. The monoisotopic (exact) mass is 346 g/mol. The van der Waals surface area contributed by atoms with Gasteiger partial charge in [-0.05, 0) is 37.1 Å². The largest absolute Gasteiger partial charge is 0.392 e. The Bertz CT molecular complexity index is 730. The fourth-order valence-corrected chi connectivity index (χ4v) is 4.49. The van der Waals surface area contributed by atoms with Gasteiger partial charge in [-0.2, -0.15) is 0 Å². The first-order valence-electron chi connectivity index (χ1n) is 6.16. The maximum Gasteiger partial charge on any atom is 0.241 e. The maximum absolute atomic E-state index is 12.5. The van der Waals surface area contributed by atoms with Gasteiger partial charge in [-0.15, -0.1) is 11.3 Å². The molecule has 0 aliphatic carbocycles. The van der Waals surface area contributed by atoms with Gasteiger partial charge in [-0.25, -0.2) is 18.1 Å². The number of thiazole rings is 1. The van der Waals surface area contributed by atoms with Gasteiger partial charge in [-0.1, -0.05) is 11.6 Å². The van der Waals surface area contributed by atoms with Crippen LogP contribution in [0.2, 0.25) is 5.02 Å². The minimum Gasteiger partial charge on any atom is -0.392 e. The number of aliphatic hydroxyl groups excluding tert-OH is 1. The second-order valence-corrected chi connectivity index (χ2v) is 7.60. The molecule has 114 valence electrons. The van der Waals surface area contributed by atoms with Crippen LogP contribution in [0.15, 0.2) is 28.6 Å². The van der Waals surface area contributed by atoms with Crippen molar-refractivity contribution in [3.63, 3.8) is 0 Å². The summed E-state index contributed by atoms with van der Waals surface area (Å²) in [5.74, 6) is 0. The summed E-state index contributed by atoms with van der Waals surface area (Å²) in [6.07, 6.45) is 1.62. The first-order valence-corrected chi connectivity index (χ1v) is 8.91. The Morgan fingerprint density at radius 3 is 2.76 bits per heavy atom. The highest BCUT2D eigenvalue weighted by molar-refractivity contribution is 7.89. The zero-order valence-electron chi connectivity index (χ0n) is 11.5. The standard InChI is InChI=1S/C13H15ClN2O3S2/c1-8-10(7-17)5-11(14)6-12(8)21(18,19)16-9(2)13-15-3-4-20-13/h3-6,9,16-17H,7H2,1-2H3. The molecule has 2 aromatic rings. The molecule has 1 aromatic carbocycles. The third-order valence-electron chi connectivity index (χ3n) is 3.05. The number of sulfonamides is 1. The van der Waals surface area contributed by atoms with Gasteiger partial charge in [0.05, 0.1) is 17.5 Å². The van der Waals surface area contributed by atoms with E-state index in [4.69, 9.17) is 11.6 Å². The summed E-state index contributed by atoms with van der Waals surface area (Å²) in [5.41, 5.74) is 0.977. The smallest absolute Gasteiger partial charge is 0.241 e. The first-order chi connectivity index (χ1) is 9.85. The van der Waals surface area contributed by atoms with Gasteiger partial charge in [0, 0.05) is 16.6 Å². The number of halogens is 1. The SMILES string of the molecule is Cc1c(CO)cc(Cl)cc1S(=O)(=O)NC(C)c1nccs1. The molecule has 8 heteroatoms. The van der Waals surface area contributed by atoms with Crippen molar-refractivity contribution >= 4 is 33.0 Å². The molecule has 0 saturated heterocycles. The Hall–Kier alpha value is -0.990. The Balaban J connectivity index is 2.38. The first kappa shape index (κ1) is 16.4. The molecular formula is C13H15ClN2O3S2. The summed E-state index contributed by atoms with van der Waals surface area (Å²) >= 11 is 7.31. The molecule has 1 aromatic heterocycles. The average Bonchev–Trinajstić information content (AvgIpc) is 2.94. The van der Waals surface area contributed by atoms with E-state index in [1.807, 2.05) is 0 Å². The van der Waals surface area contributed by atoms with Gasteiger partial charge >= 0.3 is 0 Å². The molecule has 0 aliphatic rings. The quantitative estimate of drug-likeness (QED) is 0.872. The molecule has 2 rings (SSSR count). The van der Waals surface area contributed by atoms with Crippen LogP contribution in [-0.2, 0) is 16.6 Å². The van der Waals surface area contributed by atoms with Crippen molar-refractivity contribution in [2.45, 2.75) is 31.4 Å². The molecule has 1 atom stereocenters. The van der Waals surface area contributed by atoms with Gasteiger partial charge in [0.2, 0.25) is 10.0 Å². The van der Waals surface area contributed by atoms with E-state index in [9.17, 15) is 13.5 Å². The molecule has 1 heterocycles. The number of nitrogens with zero attached hydrogens (tertiary/aromatic N) is 1. The Kier molecular flexibility index (Phi) is 5.00. The molecule has 0 saturated carbocycles. The lowest BCUT2D eigenvalue weighted by Crippen LogP contribution is -2.27. The van der Waals surface area contributed by atoms with E-state index < -0.39 is 16.1 Å². The van der Waals surface area contributed by atoms with Crippen LogP contribution in [0.4, 0.5) is 0 Å². The number of rotatable bonds is 5. The summed E-state index contributed by atoms with van der Waals surface area (Å²) in [5, 5.41) is 12.0. The predicted octanol–water partition coefficient (Wildman–Crippen LogP) is 2.64. The van der Waals surface area contributed by atoms with Crippen LogP contribution in [0.1, 0.15) is 29.1 Å². The van der Waals surface area contributed by atoms with E-state index in [0.29, 0.717) is 16.1 Å². The predicted molar refractivity (Wildman–Crippen MR) is 83.0 cm³/mol. The third-order valence-corrected chi connectivity index (χ3v) is 5.89. The second-order valence-electron chi connectivity index (χ2n) is 4.56. The van der Waals surface area contributed by atoms with Gasteiger partial charge in [-0.3, -0.25) is 0 Å². The van der Waals surface area contributed by atoms with Crippen molar-refractivity contribution in [2.75, 3.05) is 0 Å². The van der Waals surface area contributed by atoms with Crippen LogP contribution in [0.25, 0.3) is 0 Å². The van der Waals surface area contributed by atoms with E-state index in [1.165, 1.54) is 17.4 Å². The molecule has 0 bridgehead atoms. The number of hydrogen-bond donors (Lipinski definition) is 2. The summed E-state index contributed by atoms with van der Waals surface area (Å²) in [6.45, 7) is 3.10. The number of benzene rings is 1. The van der Waals surface area contributed by atoms with Crippen molar-refractivity contribution in [3.8, 4) is 0 Å². The highest BCUT2D eigenvalue weighted by atomic mass is 35.5. The van der Waals surface area contributed by atoms with E-state index in [0.717, 1.165) is 0 Å². The summed E-state index contributed by atoms with van der Waals surface area (Å²) in [7, 11) is -3.75. The van der Waals surface area contributed by atoms with Crippen molar-refractivity contribution in [1.82, 2.24) is 9.71 Å². The summed E-state index contributed by atoms with van der Waals surface area (Å²) in [6, 6.07) is 2.50. The molecule has 21 heavy (non-hydrogen) atoms. The normalized spacial score (nSPS) is 13.3. The van der Waals surface area contributed by atoms with E-state index >= 15 is 0 Å². The number of aromatic nitrogens is 1. The van der Waals surface area contributed by atoms with Gasteiger partial charge in [0.25, 0.3) is 0 Å². The van der Waals surface area contributed by atoms with Crippen molar-refractivity contribution in [3.05, 3.63) is 44.9 Å². The molecule has 1 unspecified atom stereocenters. The lowest BCUT2D eigenvalue weighted by Gasteiger charge is -2.15. The van der Waals surface area contributed by atoms with Gasteiger partial charge in [0.1, 0.15) is 5.01 Å². The maximum atomic E-state index is 12.5. The fraction of sp³-hybridized carbons (Fsp3) is 0.308. The number of aliphatic hydroxyl groups is 1. The lowest BCUT2D eigenvalue weighted by molar-refractivity contribution is 0.280. The van der Waals surface area contributed by atoms with Crippen molar-refractivity contribution in [2.24, 2.45) is 0 Å². The lowest BCUT2D eigenvalue weighted by atomic mass is 10.1. The molecule has 5 nitrogen and oxygen atoms in total. The Labute approximate surface area is 132 Å². The highest BCUT2D eigenvalue weighted by Gasteiger charge is 2.23. The van der Waals surface area contributed by atoms with Gasteiger partial charge in [0.15, 0.2) is 0 Å². The minimum absolute atomic E-state index is 0.0717. The molecule has 0 fully saturated rings. The van der Waals surface area contributed by atoms with Crippen LogP contribution in [0.3, 0.4) is 0 Å². The van der Waals surface area contributed by atoms with E-state index in [1.54, 1.807) is 31.5 Å². The zero-order valence-corrected chi connectivity index (χ0v) is 13.9. The molecule has 0 aliphatic heterocycles. The number of hydrogen-bond acceptors (Lipinski definition) is 5. The zero-order chi connectivity index (χ0) is 15.6. The van der Waals surface area contributed by atoms with Crippen LogP contribution < -0.4 is 4.72 Å². The summed E-state index contributed by atoms with van der Waals surface area (Å²) < 4.78 is 27.6. The van der Waals surface area contributed by atoms with E-state index in [2.05, 4.69) is 9.71 Å². The highest BCUT2D eigenvalue weighted by Crippen LogP contribution is 2.26. The Morgan fingerprint density at radius 2 is 2.19 bits per heavy atom. The molecule has 0 radical (unpaired) electrons. The average molecular weight is 347 g/mol. The van der Waals surface area contributed by atoms with Gasteiger partial charge < -0.3 is 5.11 Å². The third kappa shape index (κ3) is 3.61. The molecule has 0 amide bonds. The second kappa shape index (κ2) is 6.41. The minimum atomic E-state index is -3.75. The van der Waals surface area contributed by atoms with Crippen LogP contribution in [0, 0.1) is 6.92 Å².